The van der Waals surface area contributed by atoms with Crippen molar-refractivity contribution in [2.45, 2.75) is 31.7 Å². The average molecular weight is 259 g/mol. The fourth-order valence-corrected chi connectivity index (χ4v) is 2.09. The molecule has 1 aliphatic heterocycles. The Bertz CT molecular complexity index is 345. The van der Waals surface area contributed by atoms with Gasteiger partial charge in [0.2, 0.25) is 5.89 Å². The van der Waals surface area contributed by atoms with Gasteiger partial charge in [0.15, 0.2) is 5.82 Å². The standard InChI is InChI=1S/C11H18N4O.ClH/c1-4-12-5-7-15(6-1)8-10-13-11(14-16-10)9-2-3-9;/h9,12H,1-8H2;1H. The Kier molecular flexibility index (Phi) is 4.36. The van der Waals surface area contributed by atoms with Crippen molar-refractivity contribution < 1.29 is 4.52 Å². The molecule has 1 saturated carbocycles. The molecule has 6 heteroatoms. The molecule has 0 spiro atoms. The molecule has 0 radical (unpaired) electrons. The third-order valence-corrected chi connectivity index (χ3v) is 3.22. The topological polar surface area (TPSA) is 54.2 Å². The van der Waals surface area contributed by atoms with Crippen molar-refractivity contribution in [3.63, 3.8) is 0 Å². The maximum absolute atomic E-state index is 5.29. The van der Waals surface area contributed by atoms with Gasteiger partial charge in [-0.05, 0) is 32.4 Å². The SMILES string of the molecule is C1CNCCN(Cc2nc(C3CC3)no2)C1.Cl. The molecule has 2 aliphatic rings. The Labute approximate surface area is 107 Å². The van der Waals surface area contributed by atoms with E-state index >= 15 is 0 Å². The summed E-state index contributed by atoms with van der Waals surface area (Å²) in [5.74, 6) is 2.29. The van der Waals surface area contributed by atoms with Crippen molar-refractivity contribution in [3.05, 3.63) is 11.7 Å². The number of aromatic nitrogens is 2. The minimum Gasteiger partial charge on any atom is -0.338 e. The third kappa shape index (κ3) is 3.40. The minimum absolute atomic E-state index is 0. The van der Waals surface area contributed by atoms with Gasteiger partial charge in [-0.15, -0.1) is 12.4 Å². The molecule has 1 aliphatic carbocycles. The molecule has 0 unspecified atom stereocenters. The first-order chi connectivity index (χ1) is 7.92. The number of halogens is 1. The number of nitrogens with one attached hydrogen (secondary N) is 1. The van der Waals surface area contributed by atoms with Crippen molar-refractivity contribution in [1.29, 1.82) is 0 Å². The lowest BCUT2D eigenvalue weighted by Gasteiger charge is -2.16. The zero-order valence-corrected chi connectivity index (χ0v) is 10.7. The van der Waals surface area contributed by atoms with E-state index in [1.165, 1.54) is 19.3 Å². The zero-order valence-electron chi connectivity index (χ0n) is 9.89. The second-order valence-corrected chi connectivity index (χ2v) is 4.70. The number of rotatable bonds is 3. The van der Waals surface area contributed by atoms with Crippen molar-refractivity contribution in [3.8, 4) is 0 Å². The highest BCUT2D eigenvalue weighted by atomic mass is 35.5. The molecule has 1 aromatic heterocycles. The van der Waals surface area contributed by atoms with E-state index < -0.39 is 0 Å². The fourth-order valence-electron chi connectivity index (χ4n) is 2.09. The summed E-state index contributed by atoms with van der Waals surface area (Å²) in [4.78, 5) is 6.84. The van der Waals surface area contributed by atoms with Gasteiger partial charge in [-0.2, -0.15) is 4.98 Å². The molecule has 96 valence electrons. The molecule has 1 N–H and O–H groups in total. The van der Waals surface area contributed by atoms with Crippen molar-refractivity contribution in [2.75, 3.05) is 26.2 Å². The summed E-state index contributed by atoms with van der Waals surface area (Å²) < 4.78 is 5.29. The zero-order chi connectivity index (χ0) is 10.8. The lowest BCUT2D eigenvalue weighted by atomic mass is 10.4. The van der Waals surface area contributed by atoms with Gasteiger partial charge in [0.1, 0.15) is 0 Å². The third-order valence-electron chi connectivity index (χ3n) is 3.22. The predicted octanol–water partition coefficient (Wildman–Crippen LogP) is 1.16. The number of hydrogen-bond acceptors (Lipinski definition) is 5. The number of nitrogens with zero attached hydrogens (tertiary/aromatic N) is 3. The maximum Gasteiger partial charge on any atom is 0.240 e. The molecule has 17 heavy (non-hydrogen) atoms. The highest BCUT2D eigenvalue weighted by Crippen LogP contribution is 2.38. The minimum atomic E-state index is 0. The monoisotopic (exact) mass is 258 g/mol. The van der Waals surface area contributed by atoms with Crippen LogP contribution in [0.1, 0.15) is 36.9 Å². The Hall–Kier alpha value is -0.650. The molecular formula is C11H19ClN4O. The van der Waals surface area contributed by atoms with Crippen LogP contribution in [0, 0.1) is 0 Å². The van der Waals surface area contributed by atoms with E-state index in [0.29, 0.717) is 5.92 Å². The lowest BCUT2D eigenvalue weighted by Crippen LogP contribution is -2.27. The van der Waals surface area contributed by atoms with Crippen LogP contribution in [0.3, 0.4) is 0 Å². The van der Waals surface area contributed by atoms with E-state index in [-0.39, 0.29) is 12.4 Å². The van der Waals surface area contributed by atoms with Crippen molar-refractivity contribution in [1.82, 2.24) is 20.4 Å². The molecule has 2 heterocycles. The van der Waals surface area contributed by atoms with Crippen LogP contribution in [0.25, 0.3) is 0 Å². The summed E-state index contributed by atoms with van der Waals surface area (Å²) in [6.07, 6.45) is 3.66. The van der Waals surface area contributed by atoms with Gasteiger partial charge in [-0.25, -0.2) is 0 Å². The smallest absolute Gasteiger partial charge is 0.240 e. The first-order valence-corrected chi connectivity index (χ1v) is 6.17. The summed E-state index contributed by atoms with van der Waals surface area (Å²) >= 11 is 0. The Morgan fingerprint density at radius 1 is 1.29 bits per heavy atom. The van der Waals surface area contributed by atoms with Crippen LogP contribution in [-0.4, -0.2) is 41.2 Å². The van der Waals surface area contributed by atoms with Gasteiger partial charge in [-0.3, -0.25) is 4.90 Å². The quantitative estimate of drug-likeness (QED) is 0.882. The Morgan fingerprint density at radius 2 is 2.18 bits per heavy atom. The van der Waals surface area contributed by atoms with E-state index in [9.17, 15) is 0 Å². The van der Waals surface area contributed by atoms with E-state index in [4.69, 9.17) is 4.52 Å². The van der Waals surface area contributed by atoms with E-state index in [1.54, 1.807) is 0 Å². The van der Waals surface area contributed by atoms with Gasteiger partial charge in [0.25, 0.3) is 0 Å². The molecule has 1 saturated heterocycles. The molecule has 0 atom stereocenters. The van der Waals surface area contributed by atoms with E-state index in [2.05, 4.69) is 20.4 Å². The van der Waals surface area contributed by atoms with Gasteiger partial charge in [-0.1, -0.05) is 5.16 Å². The molecule has 2 fully saturated rings. The highest BCUT2D eigenvalue weighted by molar-refractivity contribution is 5.85. The van der Waals surface area contributed by atoms with Crippen LogP contribution in [-0.2, 0) is 6.54 Å². The van der Waals surface area contributed by atoms with E-state index in [1.807, 2.05) is 0 Å². The molecular weight excluding hydrogens is 240 g/mol. The van der Waals surface area contributed by atoms with Crippen molar-refractivity contribution in [2.24, 2.45) is 0 Å². The molecule has 0 aromatic carbocycles. The van der Waals surface area contributed by atoms with Crippen LogP contribution in [0.2, 0.25) is 0 Å². The molecule has 0 bridgehead atoms. The van der Waals surface area contributed by atoms with Crippen LogP contribution >= 0.6 is 12.4 Å². The summed E-state index contributed by atoms with van der Waals surface area (Å²) in [5, 5.41) is 7.43. The van der Waals surface area contributed by atoms with Crippen LogP contribution in [0.5, 0.6) is 0 Å². The molecule has 1 aromatic rings. The molecule has 5 nitrogen and oxygen atoms in total. The first kappa shape index (κ1) is 12.8. The molecule has 3 rings (SSSR count). The first-order valence-electron chi connectivity index (χ1n) is 6.17. The van der Waals surface area contributed by atoms with Gasteiger partial charge >= 0.3 is 0 Å². The molecule has 0 amide bonds. The predicted molar refractivity (Wildman–Crippen MR) is 66.3 cm³/mol. The van der Waals surface area contributed by atoms with Crippen LogP contribution in [0.4, 0.5) is 0 Å². The Balaban J connectivity index is 0.00000108. The summed E-state index contributed by atoms with van der Waals surface area (Å²) in [6.45, 7) is 5.17. The van der Waals surface area contributed by atoms with Crippen molar-refractivity contribution >= 4 is 12.4 Å². The summed E-state index contributed by atoms with van der Waals surface area (Å²) in [7, 11) is 0. The maximum atomic E-state index is 5.29. The van der Waals surface area contributed by atoms with E-state index in [0.717, 1.165) is 44.4 Å². The highest BCUT2D eigenvalue weighted by Gasteiger charge is 2.28. The summed E-state index contributed by atoms with van der Waals surface area (Å²) in [5.41, 5.74) is 0. The summed E-state index contributed by atoms with van der Waals surface area (Å²) in [6, 6.07) is 0. The van der Waals surface area contributed by atoms with Gasteiger partial charge < -0.3 is 9.84 Å². The second kappa shape index (κ2) is 5.80. The van der Waals surface area contributed by atoms with Gasteiger partial charge in [0, 0.05) is 19.0 Å². The Morgan fingerprint density at radius 3 is 3.00 bits per heavy atom. The lowest BCUT2D eigenvalue weighted by molar-refractivity contribution is 0.238. The van der Waals surface area contributed by atoms with Crippen LogP contribution < -0.4 is 5.32 Å². The fraction of sp³-hybridized carbons (Fsp3) is 0.818. The number of hydrogen-bond donors (Lipinski definition) is 1. The van der Waals surface area contributed by atoms with Crippen LogP contribution in [0.15, 0.2) is 4.52 Å². The van der Waals surface area contributed by atoms with Gasteiger partial charge in [0.05, 0.1) is 6.54 Å². The normalized spacial score (nSPS) is 21.9. The largest absolute Gasteiger partial charge is 0.338 e. The second-order valence-electron chi connectivity index (χ2n) is 4.70. The average Bonchev–Trinajstić information content (AvgIpc) is 3.07.